The number of pyridine rings is 1. The molecule has 226 valence electrons. The first kappa shape index (κ1) is 30.5. The number of hydrogen-bond acceptors (Lipinski definition) is 7. The number of carbonyl (C=O) groups excluding carboxylic acids is 3. The van der Waals surface area contributed by atoms with Gasteiger partial charge in [0.1, 0.15) is 11.5 Å². The Morgan fingerprint density at radius 2 is 1.49 bits per heavy atom. The van der Waals surface area contributed by atoms with Crippen molar-refractivity contribution in [1.82, 2.24) is 20.1 Å². The molecule has 43 heavy (non-hydrogen) atoms. The first-order chi connectivity index (χ1) is 20.6. The van der Waals surface area contributed by atoms with E-state index in [1.54, 1.807) is 41.3 Å². The van der Waals surface area contributed by atoms with Crippen molar-refractivity contribution in [2.24, 2.45) is 5.92 Å². The number of amides is 2. The van der Waals surface area contributed by atoms with E-state index in [2.05, 4.69) is 15.2 Å². The van der Waals surface area contributed by atoms with E-state index in [0.29, 0.717) is 37.1 Å². The fourth-order valence-corrected chi connectivity index (χ4v) is 6.26. The summed E-state index contributed by atoms with van der Waals surface area (Å²) in [6.45, 7) is 3.21. The normalized spacial score (nSPS) is 17.0. The third kappa shape index (κ3) is 7.71. The maximum Gasteiger partial charge on any atom is 0.270 e. The summed E-state index contributed by atoms with van der Waals surface area (Å²) in [5.41, 5.74) is 2.15. The van der Waals surface area contributed by atoms with Crippen molar-refractivity contribution in [3.05, 3.63) is 95.1 Å². The Bertz CT molecular complexity index is 1560. The van der Waals surface area contributed by atoms with E-state index in [0.717, 1.165) is 44.3 Å². The average Bonchev–Trinajstić information content (AvgIpc) is 3.02. The van der Waals surface area contributed by atoms with Gasteiger partial charge in [-0.3, -0.25) is 24.3 Å². The Kier molecular flexibility index (Phi) is 9.31. The van der Waals surface area contributed by atoms with Gasteiger partial charge < -0.3 is 10.2 Å². The molecule has 2 fully saturated rings. The number of piperidine rings is 2. The Morgan fingerprint density at radius 3 is 2.07 bits per heavy atom. The van der Waals surface area contributed by atoms with E-state index in [1.807, 2.05) is 0 Å². The molecule has 5 rings (SSSR count). The number of nitrogens with zero attached hydrogens (tertiary/aromatic N) is 3. The fourth-order valence-electron chi connectivity index (χ4n) is 5.63. The van der Waals surface area contributed by atoms with Crippen LogP contribution in [0.2, 0.25) is 0 Å². The molecule has 2 aliphatic rings. The number of carbonyl (C=O) groups is 3. The minimum absolute atomic E-state index is 0.0294. The van der Waals surface area contributed by atoms with Gasteiger partial charge in [-0.15, -0.1) is 0 Å². The van der Waals surface area contributed by atoms with Crippen LogP contribution in [0, 0.1) is 11.7 Å². The second-order valence-electron chi connectivity index (χ2n) is 11.3. The number of benzene rings is 2. The summed E-state index contributed by atoms with van der Waals surface area (Å²) in [7, 11) is -3.33. The minimum atomic E-state index is -3.33. The molecular formula is C32H35FN4O5S. The van der Waals surface area contributed by atoms with Gasteiger partial charge in [-0.2, -0.15) is 0 Å². The van der Waals surface area contributed by atoms with Crippen LogP contribution in [0.4, 0.5) is 4.39 Å². The average molecular weight is 607 g/mol. The van der Waals surface area contributed by atoms with E-state index >= 15 is 0 Å². The first-order valence-electron chi connectivity index (χ1n) is 14.4. The molecule has 0 saturated carbocycles. The van der Waals surface area contributed by atoms with Crippen molar-refractivity contribution in [3.8, 4) is 0 Å². The Labute approximate surface area is 251 Å². The number of Topliss-reactive ketones (excluding diaryl/α,β-unsaturated/α-hetero) is 1. The molecule has 0 aliphatic carbocycles. The molecule has 1 aromatic heterocycles. The third-order valence-corrected chi connectivity index (χ3v) is 9.33. The Morgan fingerprint density at radius 1 is 0.860 bits per heavy atom. The van der Waals surface area contributed by atoms with Gasteiger partial charge in [0.25, 0.3) is 11.8 Å². The molecule has 0 unspecified atom stereocenters. The summed E-state index contributed by atoms with van der Waals surface area (Å²) in [5, 5.41) is 3.04. The maximum absolute atomic E-state index is 13.1. The maximum atomic E-state index is 13.1. The van der Waals surface area contributed by atoms with Gasteiger partial charge in [0.05, 0.1) is 10.5 Å². The highest BCUT2D eigenvalue weighted by Crippen LogP contribution is 2.24. The topological polar surface area (TPSA) is 117 Å². The number of halogens is 1. The van der Waals surface area contributed by atoms with E-state index < -0.39 is 9.84 Å². The number of ketones is 1. The van der Waals surface area contributed by atoms with Crippen LogP contribution in [-0.2, 0) is 16.4 Å². The highest BCUT2D eigenvalue weighted by molar-refractivity contribution is 7.90. The van der Waals surface area contributed by atoms with Gasteiger partial charge in [0, 0.05) is 62.7 Å². The number of likely N-dealkylation sites (tertiary alicyclic amines) is 2. The molecule has 0 atom stereocenters. The zero-order valence-electron chi connectivity index (χ0n) is 24.0. The quantitative estimate of drug-likeness (QED) is 0.388. The van der Waals surface area contributed by atoms with Gasteiger partial charge in [0.2, 0.25) is 0 Å². The van der Waals surface area contributed by atoms with Crippen LogP contribution in [0.5, 0.6) is 0 Å². The van der Waals surface area contributed by atoms with Crippen LogP contribution in [0.3, 0.4) is 0 Å². The molecular weight excluding hydrogens is 571 g/mol. The monoisotopic (exact) mass is 606 g/mol. The zero-order valence-corrected chi connectivity index (χ0v) is 24.9. The van der Waals surface area contributed by atoms with Gasteiger partial charge >= 0.3 is 0 Å². The summed E-state index contributed by atoms with van der Waals surface area (Å²) in [6, 6.07) is 15.7. The lowest BCUT2D eigenvalue weighted by atomic mass is 9.88. The Balaban J connectivity index is 1.07. The van der Waals surface area contributed by atoms with Crippen molar-refractivity contribution >= 4 is 27.4 Å². The summed E-state index contributed by atoms with van der Waals surface area (Å²) >= 11 is 0. The lowest BCUT2D eigenvalue weighted by Gasteiger charge is -2.32. The Hall–Kier alpha value is -3.96. The number of nitrogens with one attached hydrogen (secondary N) is 1. The predicted molar refractivity (Wildman–Crippen MR) is 159 cm³/mol. The van der Waals surface area contributed by atoms with Gasteiger partial charge in [-0.1, -0.05) is 24.3 Å². The lowest BCUT2D eigenvalue weighted by molar-refractivity contribution is 0.0649. The highest BCUT2D eigenvalue weighted by atomic mass is 32.2. The molecule has 0 spiro atoms. The van der Waals surface area contributed by atoms with E-state index in [-0.39, 0.29) is 46.0 Å². The van der Waals surface area contributed by atoms with Crippen molar-refractivity contribution in [3.63, 3.8) is 0 Å². The van der Waals surface area contributed by atoms with Crippen molar-refractivity contribution < 1.29 is 27.2 Å². The minimum Gasteiger partial charge on any atom is -0.348 e. The van der Waals surface area contributed by atoms with Gasteiger partial charge in [0.15, 0.2) is 15.6 Å². The second kappa shape index (κ2) is 13.1. The number of aromatic nitrogens is 1. The van der Waals surface area contributed by atoms with Crippen LogP contribution in [-0.4, -0.2) is 79.3 Å². The highest BCUT2D eigenvalue weighted by Gasteiger charge is 2.29. The zero-order chi connectivity index (χ0) is 30.6. The van der Waals surface area contributed by atoms with E-state index in [9.17, 15) is 27.2 Å². The summed E-state index contributed by atoms with van der Waals surface area (Å²) < 4.78 is 36.5. The first-order valence-corrected chi connectivity index (χ1v) is 16.3. The van der Waals surface area contributed by atoms with Crippen LogP contribution < -0.4 is 5.32 Å². The van der Waals surface area contributed by atoms with Crippen LogP contribution in [0.25, 0.3) is 0 Å². The molecule has 2 aliphatic heterocycles. The van der Waals surface area contributed by atoms with Gasteiger partial charge in [-0.25, -0.2) is 12.8 Å². The molecule has 3 heterocycles. The smallest absolute Gasteiger partial charge is 0.270 e. The molecule has 3 aromatic rings. The molecule has 0 radical (unpaired) electrons. The molecule has 1 N–H and O–H groups in total. The van der Waals surface area contributed by atoms with Crippen LogP contribution in [0.15, 0.2) is 71.8 Å². The standard InChI is InChI=1S/C32H35FN4O5S/c1-43(41,42)28-9-4-23(5-10-28)30(38)24-12-18-37(19-13-24)32(40)25-6-11-29(34-20-25)31(39)35-27-14-16-36(17-15-27)21-22-2-7-26(33)8-3-22/h2-11,20,24,27H,12-19,21H2,1H3,(H,35,39). The van der Waals surface area contributed by atoms with Gasteiger partial charge in [-0.05, 0) is 67.6 Å². The lowest BCUT2D eigenvalue weighted by Crippen LogP contribution is -2.44. The summed E-state index contributed by atoms with van der Waals surface area (Å²) in [5.74, 6) is -1.02. The number of rotatable bonds is 8. The predicted octanol–water partition coefficient (Wildman–Crippen LogP) is 3.75. The molecule has 2 aromatic carbocycles. The van der Waals surface area contributed by atoms with Crippen LogP contribution >= 0.6 is 0 Å². The van der Waals surface area contributed by atoms with E-state index in [1.165, 1.54) is 30.5 Å². The van der Waals surface area contributed by atoms with Crippen molar-refractivity contribution in [1.29, 1.82) is 0 Å². The van der Waals surface area contributed by atoms with Crippen molar-refractivity contribution in [2.45, 2.75) is 43.2 Å². The third-order valence-electron chi connectivity index (χ3n) is 8.21. The molecule has 2 saturated heterocycles. The summed E-state index contributed by atoms with van der Waals surface area (Å²) in [4.78, 5) is 47.2. The molecule has 9 nitrogen and oxygen atoms in total. The second-order valence-corrected chi connectivity index (χ2v) is 13.3. The van der Waals surface area contributed by atoms with Crippen molar-refractivity contribution in [2.75, 3.05) is 32.4 Å². The number of hydrogen-bond donors (Lipinski definition) is 1. The largest absolute Gasteiger partial charge is 0.348 e. The summed E-state index contributed by atoms with van der Waals surface area (Å²) in [6.07, 6.45) is 5.16. The van der Waals surface area contributed by atoms with E-state index in [4.69, 9.17) is 0 Å². The molecule has 2 amide bonds. The molecule has 0 bridgehead atoms. The SMILES string of the molecule is CS(=O)(=O)c1ccc(C(=O)C2CCN(C(=O)c3ccc(C(=O)NC4CCN(Cc5ccc(F)cc5)CC4)nc3)CC2)cc1. The van der Waals surface area contributed by atoms with Crippen LogP contribution in [0.1, 0.15) is 62.5 Å². The fraction of sp³-hybridized carbons (Fsp3) is 0.375. The molecule has 11 heteroatoms. The number of sulfone groups is 1.